The van der Waals surface area contributed by atoms with E-state index >= 15 is 0 Å². The summed E-state index contributed by atoms with van der Waals surface area (Å²) in [5, 5.41) is 24.7. The molecule has 5 rings (SSSR count). The summed E-state index contributed by atoms with van der Waals surface area (Å²) in [6.07, 6.45) is 6.14. The summed E-state index contributed by atoms with van der Waals surface area (Å²) in [7, 11) is 0. The van der Waals surface area contributed by atoms with Crippen LogP contribution in [0.25, 0.3) is 28.2 Å². The Labute approximate surface area is 216 Å². The van der Waals surface area contributed by atoms with Crippen molar-refractivity contribution in [3.63, 3.8) is 0 Å². The van der Waals surface area contributed by atoms with Gasteiger partial charge in [-0.25, -0.2) is 4.98 Å². The number of nitro groups is 1. The van der Waals surface area contributed by atoms with Crippen LogP contribution in [0.1, 0.15) is 22.5 Å². The molecule has 0 spiro atoms. The Bertz CT molecular complexity index is 1610. The maximum absolute atomic E-state index is 12.9. The van der Waals surface area contributed by atoms with Crippen LogP contribution < -0.4 is 5.32 Å². The highest BCUT2D eigenvalue weighted by molar-refractivity contribution is 7.81. The molecular formula is C28H19N3O5S. The molecule has 0 atom stereocenters. The van der Waals surface area contributed by atoms with Crippen LogP contribution in [0.4, 0.5) is 11.6 Å². The van der Waals surface area contributed by atoms with Crippen molar-refractivity contribution in [3.05, 3.63) is 112 Å². The largest absolute Gasteiger partial charge is 0.507 e. The zero-order valence-electron chi connectivity index (χ0n) is 19.3. The maximum Gasteiger partial charge on any atom is 0.270 e. The molecule has 9 heteroatoms. The van der Waals surface area contributed by atoms with Gasteiger partial charge < -0.3 is 9.52 Å². The summed E-state index contributed by atoms with van der Waals surface area (Å²) < 4.78 is 5.95. The molecule has 1 aliphatic rings. The van der Waals surface area contributed by atoms with Crippen LogP contribution in [-0.4, -0.2) is 25.8 Å². The van der Waals surface area contributed by atoms with Gasteiger partial charge in [-0.3, -0.25) is 20.2 Å². The van der Waals surface area contributed by atoms with E-state index in [9.17, 15) is 20.0 Å². The zero-order chi connectivity index (χ0) is 25.9. The fourth-order valence-corrected chi connectivity index (χ4v) is 4.17. The molecule has 0 radical (unpaired) electrons. The molecule has 8 nitrogen and oxygen atoms in total. The topological polar surface area (TPSA) is 118 Å². The second-order valence-electron chi connectivity index (χ2n) is 8.19. The normalized spacial score (nSPS) is 12.8. The van der Waals surface area contributed by atoms with Gasteiger partial charge in [-0.05, 0) is 35.4 Å². The van der Waals surface area contributed by atoms with Crippen LogP contribution in [0.3, 0.4) is 0 Å². The molecule has 0 fully saturated rings. The van der Waals surface area contributed by atoms with Gasteiger partial charge in [0.15, 0.2) is 0 Å². The van der Waals surface area contributed by atoms with Gasteiger partial charge in [-0.15, -0.1) is 0 Å². The Morgan fingerprint density at radius 2 is 1.84 bits per heavy atom. The van der Waals surface area contributed by atoms with Crippen molar-refractivity contribution in [3.8, 4) is 28.3 Å². The molecule has 1 aromatic heterocycles. The van der Waals surface area contributed by atoms with Gasteiger partial charge >= 0.3 is 0 Å². The molecule has 37 heavy (non-hydrogen) atoms. The van der Waals surface area contributed by atoms with Crippen LogP contribution in [-0.2, 0) is 0 Å². The molecule has 0 bridgehead atoms. The number of carbonyl (C=O) groups excluding carboxylic acids is 1. The van der Waals surface area contributed by atoms with Crippen molar-refractivity contribution in [2.75, 3.05) is 5.32 Å². The third-order valence-electron chi connectivity index (χ3n) is 5.77. The van der Waals surface area contributed by atoms with Crippen molar-refractivity contribution in [1.29, 1.82) is 0 Å². The van der Waals surface area contributed by atoms with Crippen LogP contribution in [0.2, 0.25) is 0 Å². The number of non-ortho nitro benzene ring substituents is 1. The number of anilines is 1. The van der Waals surface area contributed by atoms with E-state index in [2.05, 4.69) is 10.3 Å². The number of nitrogens with zero attached hydrogens (tertiary/aromatic N) is 2. The van der Waals surface area contributed by atoms with E-state index in [1.807, 2.05) is 18.2 Å². The fourth-order valence-electron chi connectivity index (χ4n) is 3.91. The van der Waals surface area contributed by atoms with Crippen molar-refractivity contribution in [1.82, 2.24) is 4.98 Å². The Morgan fingerprint density at radius 3 is 2.57 bits per heavy atom. The number of oxazole rings is 1. The maximum atomic E-state index is 12.9. The second kappa shape index (κ2) is 10.00. The molecule has 182 valence electrons. The summed E-state index contributed by atoms with van der Waals surface area (Å²) in [6, 6.07) is 19.6. The molecule has 2 N–H and O–H groups in total. The highest BCUT2D eigenvalue weighted by Crippen LogP contribution is 2.38. The van der Waals surface area contributed by atoms with E-state index in [0.717, 1.165) is 0 Å². The molecule has 1 aliphatic carbocycles. The number of aromatic nitrogens is 1. The molecule has 0 saturated carbocycles. The molecular weight excluding hydrogens is 490 g/mol. The Balaban J connectivity index is 1.54. The molecule has 4 aromatic rings. The summed E-state index contributed by atoms with van der Waals surface area (Å²) in [5.41, 5.74) is 2.83. The third kappa shape index (κ3) is 4.93. The van der Waals surface area contributed by atoms with Gasteiger partial charge in [0.25, 0.3) is 11.6 Å². The van der Waals surface area contributed by atoms with Crippen molar-refractivity contribution in [2.24, 2.45) is 0 Å². The van der Waals surface area contributed by atoms with Crippen molar-refractivity contribution in [2.45, 2.75) is 6.42 Å². The van der Waals surface area contributed by atoms with E-state index in [0.29, 0.717) is 39.2 Å². The average molecular weight is 510 g/mol. The number of rotatable bonds is 6. The highest BCUT2D eigenvalue weighted by atomic mass is 32.1. The first-order valence-corrected chi connectivity index (χ1v) is 11.7. The zero-order valence-corrected chi connectivity index (χ0v) is 20.1. The van der Waals surface area contributed by atoms with Gasteiger partial charge in [-0.2, -0.15) is 0 Å². The van der Waals surface area contributed by atoms with Gasteiger partial charge in [-0.1, -0.05) is 66.8 Å². The number of benzene rings is 3. The quantitative estimate of drug-likeness (QED) is 0.171. The van der Waals surface area contributed by atoms with Crippen molar-refractivity contribution < 1.29 is 19.2 Å². The predicted octanol–water partition coefficient (Wildman–Crippen LogP) is 6.59. The monoisotopic (exact) mass is 509 g/mol. The van der Waals surface area contributed by atoms with Gasteiger partial charge in [0, 0.05) is 34.6 Å². The van der Waals surface area contributed by atoms with Crippen LogP contribution >= 0.6 is 12.2 Å². The number of nitrogens with one attached hydrogen (secondary N) is 1. The van der Waals surface area contributed by atoms with E-state index in [-0.39, 0.29) is 34.7 Å². The average Bonchev–Trinajstić information content (AvgIpc) is 3.32. The first-order chi connectivity index (χ1) is 17.9. The summed E-state index contributed by atoms with van der Waals surface area (Å²) in [6.45, 7) is 0. The first-order valence-electron chi connectivity index (χ1n) is 11.3. The SMILES string of the molecule is O=C(Nc1oc(-c2ccc(-c3cccc([N+](=O)[O-])c3)cc2O)nc1C1=CC=CCC1=S)c1ccccc1. The number of nitro benzene ring substituents is 1. The molecule has 1 heterocycles. The fraction of sp³-hybridized carbons (Fsp3) is 0.0357. The lowest BCUT2D eigenvalue weighted by molar-refractivity contribution is -0.384. The lowest BCUT2D eigenvalue weighted by Crippen LogP contribution is -2.13. The summed E-state index contributed by atoms with van der Waals surface area (Å²) in [5.74, 6) is -0.333. The van der Waals surface area contributed by atoms with E-state index in [4.69, 9.17) is 16.6 Å². The first kappa shape index (κ1) is 23.8. The molecule has 1 amide bonds. The lowest BCUT2D eigenvalue weighted by Gasteiger charge is -2.09. The summed E-state index contributed by atoms with van der Waals surface area (Å²) in [4.78, 5) is 28.7. The molecule has 0 unspecified atom stereocenters. The minimum atomic E-state index is -0.475. The standard InChI is InChI=1S/C28H19N3O5S/c32-23-16-19(18-9-6-10-20(15-18)31(34)35)13-14-21(23)27-29-25(22-11-4-5-12-24(22)37)28(36-27)30-26(33)17-7-2-1-3-8-17/h1-11,13-16,32H,12H2,(H,30,33). The predicted molar refractivity (Wildman–Crippen MR) is 144 cm³/mol. The number of phenolic OH excluding ortho intramolecular Hbond substituents is 1. The number of hydrogen-bond acceptors (Lipinski definition) is 7. The molecule has 0 saturated heterocycles. The lowest BCUT2D eigenvalue weighted by atomic mass is 10.0. The molecule has 0 aliphatic heterocycles. The number of allylic oxidation sites excluding steroid dienone is 4. The summed E-state index contributed by atoms with van der Waals surface area (Å²) >= 11 is 5.52. The smallest absolute Gasteiger partial charge is 0.270 e. The number of thiocarbonyl (C=S) groups is 1. The molecule has 3 aromatic carbocycles. The van der Waals surface area contributed by atoms with E-state index in [1.165, 1.54) is 18.2 Å². The Kier molecular flexibility index (Phi) is 6.44. The Hall–Kier alpha value is -4.89. The second-order valence-corrected chi connectivity index (χ2v) is 8.68. The van der Waals surface area contributed by atoms with Crippen LogP contribution in [0.5, 0.6) is 5.75 Å². The minimum absolute atomic E-state index is 0.0528. The Morgan fingerprint density at radius 1 is 1.05 bits per heavy atom. The van der Waals surface area contributed by atoms with Gasteiger partial charge in [0.1, 0.15) is 11.4 Å². The van der Waals surface area contributed by atoms with Gasteiger partial charge in [0.05, 0.1) is 10.5 Å². The van der Waals surface area contributed by atoms with Crippen LogP contribution in [0, 0.1) is 10.1 Å². The van der Waals surface area contributed by atoms with Gasteiger partial charge in [0.2, 0.25) is 11.8 Å². The number of phenols is 1. The van der Waals surface area contributed by atoms with Crippen molar-refractivity contribution >= 4 is 40.1 Å². The number of carbonyl (C=O) groups is 1. The van der Waals surface area contributed by atoms with Crippen LogP contribution in [0.15, 0.2) is 95.4 Å². The minimum Gasteiger partial charge on any atom is -0.507 e. The highest BCUT2D eigenvalue weighted by Gasteiger charge is 2.24. The number of aromatic hydroxyl groups is 1. The number of amides is 1. The van der Waals surface area contributed by atoms with E-state index < -0.39 is 4.92 Å². The van der Waals surface area contributed by atoms with E-state index in [1.54, 1.807) is 54.6 Å². The number of hydrogen-bond donors (Lipinski definition) is 2. The third-order valence-corrected chi connectivity index (χ3v) is 6.15.